The summed E-state index contributed by atoms with van der Waals surface area (Å²) in [6.45, 7) is 28.0. The van der Waals surface area contributed by atoms with E-state index in [9.17, 15) is 67.4 Å². The molecular weight excluding hydrogens is 1090 g/mol. The Hall–Kier alpha value is -6.89. The van der Waals surface area contributed by atoms with Crippen molar-refractivity contribution in [2.24, 2.45) is 35.3 Å². The number of carboxylic acid groups (broad SMARTS) is 1. The van der Waals surface area contributed by atoms with Crippen LogP contribution in [0.5, 0.6) is 0 Å². The van der Waals surface area contributed by atoms with E-state index in [1.54, 1.807) is 41.5 Å². The van der Waals surface area contributed by atoms with Crippen molar-refractivity contribution in [1.29, 1.82) is 0 Å². The zero-order chi connectivity index (χ0) is 64.5. The number of nitrogens with zero attached hydrogens (tertiary/aromatic N) is 2. The van der Waals surface area contributed by atoms with Gasteiger partial charge in [-0.15, -0.1) is 0 Å². The number of carbonyl (C=O) groups is 13. The lowest BCUT2D eigenvalue weighted by Crippen LogP contribution is -2.64. The molecule has 0 unspecified atom stereocenters. The normalized spacial score (nSPS) is 18.8. The third-order valence-electron chi connectivity index (χ3n) is 15.7. The fourth-order valence-corrected chi connectivity index (χ4v) is 10.2. The Morgan fingerprint density at radius 2 is 0.881 bits per heavy atom. The monoisotopic (exact) mass is 1190 g/mol. The summed E-state index contributed by atoms with van der Waals surface area (Å²) in [5, 5.41) is 33.8. The first-order valence-electron chi connectivity index (χ1n) is 29.7. The Kier molecular flexibility index (Phi) is 27.8. The molecule has 26 heteroatoms. The van der Waals surface area contributed by atoms with E-state index in [0.717, 1.165) is 0 Å². The largest absolute Gasteiger partial charge is 0.480 e. The van der Waals surface area contributed by atoms with Gasteiger partial charge in [0, 0.05) is 20.0 Å². The molecule has 2 heterocycles. The summed E-state index contributed by atoms with van der Waals surface area (Å²) in [6.07, 6.45) is 2.21. The van der Waals surface area contributed by atoms with E-state index in [-0.39, 0.29) is 56.5 Å². The summed E-state index contributed by atoms with van der Waals surface area (Å²) in [6, 6.07) is -9.69. The maximum absolute atomic E-state index is 14.5. The molecule has 476 valence electrons. The summed E-state index contributed by atoms with van der Waals surface area (Å²) in [5.74, 6) is -11.5. The van der Waals surface area contributed by atoms with Crippen LogP contribution in [-0.4, -0.2) is 170 Å². The zero-order valence-corrected chi connectivity index (χ0v) is 52.7. The number of hydrogen-bond acceptors (Lipinski definition) is 13. The van der Waals surface area contributed by atoms with Crippen molar-refractivity contribution in [3.05, 3.63) is 0 Å². The van der Waals surface area contributed by atoms with Gasteiger partial charge in [0.25, 0.3) is 0 Å². The predicted octanol–water partition coefficient (Wildman–Crippen LogP) is 0.772. The molecule has 11 atom stereocenters. The molecule has 0 aromatic rings. The molecule has 2 fully saturated rings. The molecule has 12 N–H and O–H groups in total. The van der Waals surface area contributed by atoms with Crippen LogP contribution >= 0.6 is 0 Å². The summed E-state index contributed by atoms with van der Waals surface area (Å²) in [5.41, 5.74) is 0.674. The second-order valence-corrected chi connectivity index (χ2v) is 25.4. The molecule has 0 bridgehead atoms. The van der Waals surface area contributed by atoms with Crippen LogP contribution in [0.3, 0.4) is 0 Å². The number of amides is 12. The zero-order valence-electron chi connectivity index (χ0n) is 52.7. The van der Waals surface area contributed by atoms with E-state index in [0.29, 0.717) is 32.1 Å². The van der Waals surface area contributed by atoms with Crippen LogP contribution in [0.1, 0.15) is 182 Å². The number of hydrogen-bond donors (Lipinski definition) is 11. The quantitative estimate of drug-likeness (QED) is 0.0444. The molecule has 2 saturated heterocycles. The lowest BCUT2D eigenvalue weighted by atomic mass is 9.93. The van der Waals surface area contributed by atoms with Gasteiger partial charge in [-0.1, -0.05) is 88.5 Å². The maximum atomic E-state index is 14.5. The Bertz CT molecular complexity index is 2410. The number of aliphatic carboxylic acids is 1. The second kappa shape index (κ2) is 31.8. The van der Waals surface area contributed by atoms with Gasteiger partial charge in [0.2, 0.25) is 70.9 Å². The highest BCUT2D eigenvalue weighted by atomic mass is 16.4. The van der Waals surface area contributed by atoms with Crippen molar-refractivity contribution >= 4 is 76.9 Å². The molecule has 0 saturated carbocycles. The maximum Gasteiger partial charge on any atom is 0.326 e. The highest BCUT2D eigenvalue weighted by molar-refractivity contribution is 6.01. The van der Waals surface area contributed by atoms with Crippen molar-refractivity contribution in [3.8, 4) is 0 Å². The van der Waals surface area contributed by atoms with Gasteiger partial charge in [-0.25, -0.2) is 4.79 Å². The molecule has 12 amide bonds. The SMILES string of the molecule is CC[C@H](C)[C@H](NC(=O)[C@@H]1CCCN1C(=O)C(C)(C)NC(=O)[C@H](CC(C)C)NC(=O)[C@H](CC(C)C)NC(=O)[C@@H]1CCCN1C(=O)C(C)(C)NC(=O)[C@@H](NC(=O)[C@@H](NC(=O)[C@H](CC(N)=O)NC(=O)C(C)(C)NC(C)=O)[C@@H](C)CC)[C@@H](C)CC)C(=O)O. The molecular formula is C58H100N12O14. The Morgan fingerprint density at radius 3 is 1.30 bits per heavy atom. The number of primary amides is 1. The molecule has 2 aliphatic rings. The van der Waals surface area contributed by atoms with Gasteiger partial charge < -0.3 is 68.5 Å². The standard InChI is InChI=1S/C58H100N12O14/c1-18-32(8)42(63-46(74)38(29-41(59)72)62-53(82)56(12,13)66-35(11)71)50(78)64-43(33(9)19-2)51(79)68-58(16,17)55(84)69-25-21-23-39(69)48(76)61-36(27-30(4)5)45(73)60-37(28-31(6)7)47(75)67-57(14,15)54(83)70-26-22-24-40(70)49(77)65-44(52(80)81)34(10)20-3/h30-34,36-40,42-44H,18-29H2,1-17H3,(H2,59,72)(H,60,73)(H,61,76)(H,62,82)(H,63,74)(H,64,78)(H,65,77)(H,66,71)(H,67,75)(H,68,79)(H,80,81)/t32-,33-,34-,36-,37-,38-,39-,40-,42-,43-,44-/m0/s1. The summed E-state index contributed by atoms with van der Waals surface area (Å²) < 4.78 is 0. The van der Waals surface area contributed by atoms with Crippen LogP contribution in [0.4, 0.5) is 0 Å². The second-order valence-electron chi connectivity index (χ2n) is 25.4. The smallest absolute Gasteiger partial charge is 0.326 e. The highest BCUT2D eigenvalue weighted by Crippen LogP contribution is 2.26. The topological polar surface area (TPSA) is 383 Å². The third kappa shape index (κ3) is 21.0. The van der Waals surface area contributed by atoms with Crippen molar-refractivity contribution < 1.29 is 67.4 Å². The van der Waals surface area contributed by atoms with Crippen molar-refractivity contribution in [2.75, 3.05) is 13.1 Å². The molecule has 2 aliphatic heterocycles. The van der Waals surface area contributed by atoms with Crippen molar-refractivity contribution in [1.82, 2.24) is 57.7 Å². The molecule has 0 aliphatic carbocycles. The van der Waals surface area contributed by atoms with E-state index in [1.807, 2.05) is 27.7 Å². The molecule has 0 aromatic carbocycles. The summed E-state index contributed by atoms with van der Waals surface area (Å²) >= 11 is 0. The molecule has 0 aromatic heterocycles. The Morgan fingerprint density at radius 1 is 0.488 bits per heavy atom. The number of carbonyl (C=O) groups excluding carboxylic acids is 12. The molecule has 26 nitrogen and oxygen atoms in total. The number of carboxylic acids is 1. The number of rotatable bonds is 32. The minimum atomic E-state index is -1.67. The molecule has 84 heavy (non-hydrogen) atoms. The minimum Gasteiger partial charge on any atom is -0.480 e. The Labute approximate surface area is 495 Å². The van der Waals surface area contributed by atoms with Gasteiger partial charge >= 0.3 is 5.97 Å². The summed E-state index contributed by atoms with van der Waals surface area (Å²) in [7, 11) is 0. The van der Waals surface area contributed by atoms with Crippen molar-refractivity contribution in [2.45, 2.75) is 247 Å². The van der Waals surface area contributed by atoms with Gasteiger partial charge in [-0.3, -0.25) is 57.5 Å². The fraction of sp³-hybridized carbons (Fsp3) is 0.776. The van der Waals surface area contributed by atoms with Crippen LogP contribution in [-0.2, 0) is 62.3 Å². The molecule has 0 radical (unpaired) electrons. The first-order valence-corrected chi connectivity index (χ1v) is 29.7. The third-order valence-corrected chi connectivity index (χ3v) is 15.7. The van der Waals surface area contributed by atoms with E-state index in [4.69, 9.17) is 5.73 Å². The molecule has 0 spiro atoms. The number of nitrogens with one attached hydrogen (secondary N) is 9. The van der Waals surface area contributed by atoms with E-state index >= 15 is 0 Å². The minimum absolute atomic E-state index is 0.121. The Balaban J connectivity index is 2.33. The van der Waals surface area contributed by atoms with E-state index in [2.05, 4.69) is 47.9 Å². The lowest BCUT2D eigenvalue weighted by Gasteiger charge is -2.36. The van der Waals surface area contributed by atoms with Crippen LogP contribution in [0, 0.1) is 29.6 Å². The lowest BCUT2D eigenvalue weighted by molar-refractivity contribution is -0.147. The average Bonchev–Trinajstić information content (AvgIpc) is 4.11. The van der Waals surface area contributed by atoms with Gasteiger partial charge in [-0.05, 0) is 110 Å². The number of likely N-dealkylation sites (tertiary alicyclic amines) is 2. The van der Waals surface area contributed by atoms with Crippen LogP contribution in [0.25, 0.3) is 0 Å². The van der Waals surface area contributed by atoms with Crippen LogP contribution in [0.15, 0.2) is 0 Å². The van der Waals surface area contributed by atoms with E-state index < -0.39 is 160 Å². The van der Waals surface area contributed by atoms with Crippen molar-refractivity contribution in [3.63, 3.8) is 0 Å². The fourth-order valence-electron chi connectivity index (χ4n) is 10.2. The predicted molar refractivity (Wildman–Crippen MR) is 312 cm³/mol. The molecule has 2 rings (SSSR count). The van der Waals surface area contributed by atoms with Crippen LogP contribution in [0.2, 0.25) is 0 Å². The van der Waals surface area contributed by atoms with Gasteiger partial charge in [0.05, 0.1) is 6.42 Å². The first kappa shape index (κ1) is 73.2. The van der Waals surface area contributed by atoms with Gasteiger partial charge in [0.1, 0.15) is 65.0 Å². The van der Waals surface area contributed by atoms with E-state index in [1.165, 1.54) is 58.3 Å². The van der Waals surface area contributed by atoms with Gasteiger partial charge in [-0.2, -0.15) is 0 Å². The van der Waals surface area contributed by atoms with Crippen LogP contribution < -0.4 is 53.6 Å². The number of nitrogens with two attached hydrogens (primary N) is 1. The first-order chi connectivity index (χ1) is 38.8. The average molecular weight is 1190 g/mol. The summed E-state index contributed by atoms with van der Waals surface area (Å²) in [4.78, 5) is 179. The van der Waals surface area contributed by atoms with Gasteiger partial charge in [0.15, 0.2) is 0 Å². The highest BCUT2D eigenvalue weighted by Gasteiger charge is 2.46.